The quantitative estimate of drug-likeness (QED) is 0.707. The van der Waals surface area contributed by atoms with Crippen LogP contribution in [0.5, 0.6) is 11.5 Å². The smallest absolute Gasteiger partial charge is 0.274 e. The van der Waals surface area contributed by atoms with Crippen molar-refractivity contribution in [3.8, 4) is 17.2 Å². The van der Waals surface area contributed by atoms with E-state index in [9.17, 15) is 4.79 Å². The second kappa shape index (κ2) is 6.63. The van der Waals surface area contributed by atoms with Crippen molar-refractivity contribution < 1.29 is 14.3 Å². The number of nitrogens with zero attached hydrogens (tertiary/aromatic N) is 6. The fraction of sp³-hybridized carbons (Fsp3) is 0.389. The monoisotopic (exact) mass is 381 g/mol. The van der Waals surface area contributed by atoms with Crippen LogP contribution in [0, 0.1) is 6.92 Å². The van der Waals surface area contributed by atoms with Crippen LogP contribution in [0.4, 0.5) is 0 Å². The Hall–Kier alpha value is -3.43. The number of carbonyl (C=O) groups excluding carboxylic acids is 1. The van der Waals surface area contributed by atoms with E-state index in [1.54, 1.807) is 17.9 Å². The highest BCUT2D eigenvalue weighted by molar-refractivity contribution is 5.93. The SMILES string of the molecule is Cc1c(C(=O)NCc2nncn2C2CC2)nnn1-c1ccc2c(c1)OCCO2. The van der Waals surface area contributed by atoms with Gasteiger partial charge in [-0.1, -0.05) is 5.21 Å². The molecule has 1 saturated carbocycles. The van der Waals surface area contributed by atoms with Crippen molar-refractivity contribution in [1.29, 1.82) is 0 Å². The number of carbonyl (C=O) groups is 1. The molecule has 5 rings (SSSR count). The first-order chi connectivity index (χ1) is 13.7. The van der Waals surface area contributed by atoms with Gasteiger partial charge in [-0.2, -0.15) is 0 Å². The molecule has 10 heteroatoms. The molecule has 3 aromatic rings. The van der Waals surface area contributed by atoms with Crippen LogP contribution < -0.4 is 14.8 Å². The lowest BCUT2D eigenvalue weighted by Crippen LogP contribution is -2.25. The number of nitrogens with one attached hydrogen (secondary N) is 1. The van der Waals surface area contributed by atoms with E-state index in [2.05, 4.69) is 25.8 Å². The number of hydrogen-bond donors (Lipinski definition) is 1. The Balaban J connectivity index is 1.33. The third-order valence-corrected chi connectivity index (χ3v) is 4.87. The fourth-order valence-corrected chi connectivity index (χ4v) is 3.24. The summed E-state index contributed by atoms with van der Waals surface area (Å²) in [6, 6.07) is 5.97. The molecule has 0 saturated heterocycles. The van der Waals surface area contributed by atoms with E-state index in [0.717, 1.165) is 24.4 Å². The predicted octanol–water partition coefficient (Wildman–Crippen LogP) is 1.20. The van der Waals surface area contributed by atoms with Gasteiger partial charge < -0.3 is 19.4 Å². The van der Waals surface area contributed by atoms with Crippen molar-refractivity contribution in [3.05, 3.63) is 41.7 Å². The lowest BCUT2D eigenvalue weighted by molar-refractivity contribution is 0.0943. The van der Waals surface area contributed by atoms with Crippen LogP contribution in [0.3, 0.4) is 0 Å². The Morgan fingerprint density at radius 2 is 2.04 bits per heavy atom. The highest BCUT2D eigenvalue weighted by Crippen LogP contribution is 2.35. The van der Waals surface area contributed by atoms with Gasteiger partial charge in [-0.15, -0.1) is 15.3 Å². The van der Waals surface area contributed by atoms with E-state index in [1.807, 2.05) is 22.8 Å². The van der Waals surface area contributed by atoms with Gasteiger partial charge in [0.15, 0.2) is 23.0 Å². The molecule has 0 unspecified atom stereocenters. The minimum atomic E-state index is -0.299. The normalized spacial score (nSPS) is 15.5. The Bertz CT molecular complexity index is 1040. The van der Waals surface area contributed by atoms with Crippen molar-refractivity contribution in [3.63, 3.8) is 0 Å². The largest absolute Gasteiger partial charge is 0.486 e. The lowest BCUT2D eigenvalue weighted by atomic mass is 10.2. The maximum atomic E-state index is 12.6. The Morgan fingerprint density at radius 1 is 1.21 bits per heavy atom. The summed E-state index contributed by atoms with van der Waals surface area (Å²) in [4.78, 5) is 12.6. The van der Waals surface area contributed by atoms with Crippen LogP contribution in [-0.2, 0) is 6.54 Å². The first kappa shape index (κ1) is 16.7. The number of rotatable bonds is 5. The van der Waals surface area contributed by atoms with E-state index in [1.165, 1.54) is 0 Å². The van der Waals surface area contributed by atoms with Crippen LogP contribution in [-0.4, -0.2) is 48.9 Å². The predicted molar refractivity (Wildman–Crippen MR) is 96.5 cm³/mol. The van der Waals surface area contributed by atoms with Crippen LogP contribution in [0.15, 0.2) is 24.5 Å². The topological polar surface area (TPSA) is 109 Å². The number of amides is 1. The standard InChI is InChI=1S/C18H19N7O3/c1-11-17(18(26)19-9-16-21-20-10-24(16)12-2-3-12)22-23-25(11)13-4-5-14-15(8-13)28-7-6-27-14/h4-5,8,10,12H,2-3,6-7,9H2,1H3,(H,19,26). The van der Waals surface area contributed by atoms with Gasteiger partial charge in [-0.25, -0.2) is 4.68 Å². The van der Waals surface area contributed by atoms with E-state index in [4.69, 9.17) is 9.47 Å². The zero-order valence-corrected chi connectivity index (χ0v) is 15.3. The van der Waals surface area contributed by atoms with Crippen molar-refractivity contribution in [1.82, 2.24) is 35.1 Å². The maximum absolute atomic E-state index is 12.6. The first-order valence-electron chi connectivity index (χ1n) is 9.19. The van der Waals surface area contributed by atoms with Gasteiger partial charge in [-0.3, -0.25) is 4.79 Å². The van der Waals surface area contributed by atoms with Crippen molar-refractivity contribution >= 4 is 5.91 Å². The molecule has 0 bridgehead atoms. The van der Waals surface area contributed by atoms with Gasteiger partial charge in [0, 0.05) is 12.1 Å². The molecule has 0 spiro atoms. The molecular formula is C18H19N7O3. The molecule has 1 aromatic carbocycles. The molecule has 1 N–H and O–H groups in total. The maximum Gasteiger partial charge on any atom is 0.274 e. The van der Waals surface area contributed by atoms with E-state index in [-0.39, 0.29) is 11.6 Å². The van der Waals surface area contributed by atoms with E-state index >= 15 is 0 Å². The molecule has 0 atom stereocenters. The molecule has 1 fully saturated rings. The van der Waals surface area contributed by atoms with Crippen molar-refractivity contribution in [2.45, 2.75) is 32.4 Å². The summed E-state index contributed by atoms with van der Waals surface area (Å²) in [7, 11) is 0. The first-order valence-corrected chi connectivity index (χ1v) is 9.19. The summed E-state index contributed by atoms with van der Waals surface area (Å²) in [6.07, 6.45) is 3.96. The summed E-state index contributed by atoms with van der Waals surface area (Å²) in [5.74, 6) is 1.80. The lowest BCUT2D eigenvalue weighted by Gasteiger charge is -2.18. The Labute approximate surface area is 160 Å². The molecular weight excluding hydrogens is 362 g/mol. The van der Waals surface area contributed by atoms with Crippen molar-refractivity contribution in [2.24, 2.45) is 0 Å². The molecule has 1 aliphatic heterocycles. The Kier molecular flexibility index (Phi) is 3.96. The molecule has 144 valence electrons. The van der Waals surface area contributed by atoms with Crippen molar-refractivity contribution in [2.75, 3.05) is 13.2 Å². The average Bonchev–Trinajstić information content (AvgIpc) is 3.33. The Morgan fingerprint density at radius 3 is 2.86 bits per heavy atom. The van der Waals surface area contributed by atoms with Gasteiger partial charge >= 0.3 is 0 Å². The summed E-state index contributed by atoms with van der Waals surface area (Å²) >= 11 is 0. The number of benzene rings is 1. The zero-order chi connectivity index (χ0) is 19.1. The molecule has 2 aliphatic rings. The van der Waals surface area contributed by atoms with Gasteiger partial charge in [0.25, 0.3) is 5.91 Å². The molecule has 1 aliphatic carbocycles. The number of fused-ring (bicyclic) bond motifs is 1. The number of hydrogen-bond acceptors (Lipinski definition) is 7. The number of aromatic nitrogens is 6. The highest BCUT2D eigenvalue weighted by atomic mass is 16.6. The van der Waals surface area contributed by atoms with E-state index < -0.39 is 0 Å². The minimum Gasteiger partial charge on any atom is -0.486 e. The molecule has 28 heavy (non-hydrogen) atoms. The van der Waals surface area contributed by atoms with Crippen LogP contribution >= 0.6 is 0 Å². The summed E-state index contributed by atoms with van der Waals surface area (Å²) in [6.45, 7) is 3.14. The average molecular weight is 381 g/mol. The second-order valence-corrected chi connectivity index (χ2v) is 6.83. The molecule has 3 heterocycles. The van der Waals surface area contributed by atoms with E-state index in [0.29, 0.717) is 43.0 Å². The zero-order valence-electron chi connectivity index (χ0n) is 15.3. The van der Waals surface area contributed by atoms with Crippen LogP contribution in [0.25, 0.3) is 5.69 Å². The molecule has 2 aromatic heterocycles. The molecule has 1 amide bonds. The third kappa shape index (κ3) is 2.96. The summed E-state index contributed by atoms with van der Waals surface area (Å²) < 4.78 is 14.8. The molecule has 10 nitrogen and oxygen atoms in total. The minimum absolute atomic E-state index is 0.271. The van der Waals surface area contributed by atoms with Crippen LogP contribution in [0.2, 0.25) is 0 Å². The van der Waals surface area contributed by atoms with Gasteiger partial charge in [0.05, 0.1) is 17.9 Å². The van der Waals surface area contributed by atoms with Gasteiger partial charge in [0.1, 0.15) is 19.5 Å². The van der Waals surface area contributed by atoms with Gasteiger partial charge in [-0.05, 0) is 31.9 Å². The third-order valence-electron chi connectivity index (χ3n) is 4.87. The summed E-state index contributed by atoms with van der Waals surface area (Å²) in [5.41, 5.74) is 1.66. The summed E-state index contributed by atoms with van der Waals surface area (Å²) in [5, 5.41) is 19.1. The fourth-order valence-electron chi connectivity index (χ4n) is 3.24. The highest BCUT2D eigenvalue weighted by Gasteiger charge is 2.26. The second-order valence-electron chi connectivity index (χ2n) is 6.83. The van der Waals surface area contributed by atoms with Gasteiger partial charge in [0.2, 0.25) is 0 Å². The molecule has 0 radical (unpaired) electrons. The van der Waals surface area contributed by atoms with Crippen LogP contribution in [0.1, 0.15) is 40.9 Å². The number of ether oxygens (including phenoxy) is 2.